The Balaban J connectivity index is 1.23. The molecule has 2 amide bonds. The molecule has 48 heavy (non-hydrogen) atoms. The number of benzene rings is 2. The van der Waals surface area contributed by atoms with Gasteiger partial charge in [-0.1, -0.05) is 24.3 Å². The Morgan fingerprint density at radius 1 is 0.646 bits per heavy atom. The van der Waals surface area contributed by atoms with E-state index >= 15 is 0 Å². The summed E-state index contributed by atoms with van der Waals surface area (Å²) in [5.41, 5.74) is 9.47. The van der Waals surface area contributed by atoms with Crippen LogP contribution >= 0.6 is 0 Å². The lowest BCUT2D eigenvalue weighted by Gasteiger charge is -2.19. The largest absolute Gasteiger partial charge is 0.352 e. The molecule has 2 aromatic carbocycles. The number of anilines is 2. The molecule has 0 bridgehead atoms. The van der Waals surface area contributed by atoms with Crippen LogP contribution in [0.5, 0.6) is 0 Å². The van der Waals surface area contributed by atoms with Crippen molar-refractivity contribution in [1.29, 1.82) is 0 Å². The van der Waals surface area contributed by atoms with Crippen molar-refractivity contribution in [3.8, 4) is 11.1 Å². The van der Waals surface area contributed by atoms with E-state index in [0.717, 1.165) is 70.2 Å². The van der Waals surface area contributed by atoms with E-state index in [1.54, 1.807) is 40.8 Å². The Hall–Kier alpha value is -4.48. The zero-order valence-electron chi connectivity index (χ0n) is 28.3. The topological polar surface area (TPSA) is 121 Å². The highest BCUT2D eigenvalue weighted by Crippen LogP contribution is 2.45. The average Bonchev–Trinajstić information content (AvgIpc) is 4.03. The quantitative estimate of drug-likeness (QED) is 0.142. The smallest absolute Gasteiger partial charge is 0.274 e. The number of rotatable bonds is 13. The zero-order valence-corrected chi connectivity index (χ0v) is 28.3. The summed E-state index contributed by atoms with van der Waals surface area (Å²) in [6.07, 6.45) is 6.54. The molecule has 0 spiro atoms. The molecule has 2 saturated carbocycles. The second-order valence-corrected chi connectivity index (χ2v) is 12.4. The van der Waals surface area contributed by atoms with E-state index in [1.807, 2.05) is 62.4 Å². The third kappa shape index (κ3) is 6.88. The van der Waals surface area contributed by atoms with Crippen LogP contribution in [-0.2, 0) is 18.9 Å². The van der Waals surface area contributed by atoms with E-state index in [1.165, 1.54) is 0 Å². The van der Waals surface area contributed by atoms with E-state index in [4.69, 9.17) is 18.9 Å². The van der Waals surface area contributed by atoms with Gasteiger partial charge in [-0.3, -0.25) is 19.6 Å². The van der Waals surface area contributed by atoms with Gasteiger partial charge < -0.3 is 29.6 Å². The predicted octanol–water partition coefficient (Wildman–Crippen LogP) is 7.60. The molecule has 0 atom stereocenters. The van der Waals surface area contributed by atoms with Gasteiger partial charge in [0.25, 0.3) is 11.8 Å². The zero-order chi connectivity index (χ0) is 33.9. The summed E-state index contributed by atoms with van der Waals surface area (Å²) in [5, 5.41) is 6.14. The van der Waals surface area contributed by atoms with Crippen molar-refractivity contribution in [2.45, 2.75) is 63.9 Å². The summed E-state index contributed by atoms with van der Waals surface area (Å²) < 4.78 is 21.9. The molecular formula is C38H42N4O6. The lowest BCUT2D eigenvalue weighted by atomic mass is 9.94. The Morgan fingerprint density at radius 3 is 1.35 bits per heavy atom. The van der Waals surface area contributed by atoms with Crippen molar-refractivity contribution < 1.29 is 28.5 Å². The van der Waals surface area contributed by atoms with Gasteiger partial charge in [0, 0.05) is 63.3 Å². The monoisotopic (exact) mass is 650 g/mol. The first-order valence-electron chi connectivity index (χ1n) is 16.2. The first kappa shape index (κ1) is 33.4. The molecule has 2 heterocycles. The summed E-state index contributed by atoms with van der Waals surface area (Å²) in [6.45, 7) is 3.95. The van der Waals surface area contributed by atoms with Gasteiger partial charge in [-0.2, -0.15) is 0 Å². The first-order valence-corrected chi connectivity index (χ1v) is 16.2. The number of ether oxygens (including phenoxy) is 4. The minimum Gasteiger partial charge on any atom is -0.352 e. The maximum Gasteiger partial charge on any atom is 0.274 e. The maximum absolute atomic E-state index is 13.5. The lowest BCUT2D eigenvalue weighted by Crippen LogP contribution is -2.17. The van der Waals surface area contributed by atoms with E-state index in [0.29, 0.717) is 34.6 Å². The van der Waals surface area contributed by atoms with Gasteiger partial charge in [-0.05, 0) is 109 Å². The molecule has 2 aliphatic rings. The number of nitrogens with zero attached hydrogens (tertiary/aromatic N) is 2. The van der Waals surface area contributed by atoms with Crippen LogP contribution in [0.25, 0.3) is 11.1 Å². The summed E-state index contributed by atoms with van der Waals surface area (Å²) in [7, 11) is 6.36. The van der Waals surface area contributed by atoms with E-state index in [-0.39, 0.29) is 11.8 Å². The number of methoxy groups -OCH3 is 4. The number of hydrogen-bond donors (Lipinski definition) is 2. The van der Waals surface area contributed by atoms with E-state index in [2.05, 4.69) is 20.6 Å². The van der Waals surface area contributed by atoms with Crippen molar-refractivity contribution in [3.05, 3.63) is 106 Å². The fourth-order valence-electron chi connectivity index (χ4n) is 6.30. The van der Waals surface area contributed by atoms with Crippen LogP contribution in [0, 0.1) is 13.8 Å². The molecule has 0 unspecified atom stereocenters. The van der Waals surface area contributed by atoms with Crippen LogP contribution in [-0.4, -0.2) is 50.2 Å². The minimum atomic E-state index is -0.533. The number of carbonyl (C=O) groups excluding carboxylic acids is 2. The molecule has 0 aliphatic heterocycles. The van der Waals surface area contributed by atoms with E-state index in [9.17, 15) is 9.59 Å². The van der Waals surface area contributed by atoms with Crippen molar-refractivity contribution in [3.63, 3.8) is 0 Å². The molecular weight excluding hydrogens is 608 g/mol. The van der Waals surface area contributed by atoms with Crippen molar-refractivity contribution in [2.75, 3.05) is 39.1 Å². The SMILES string of the molecule is COC(OC)c1cnc(C(=O)Nc2cccc(-c3cccc(NC(=O)c4cc(C5CC5)c(C(OC)OC)cn4)c3C)c2C)cc1C1CC1. The molecule has 2 N–H and O–H groups in total. The molecule has 2 aliphatic carbocycles. The molecule has 2 fully saturated rings. The Labute approximate surface area is 281 Å². The molecule has 250 valence electrons. The van der Waals surface area contributed by atoms with Gasteiger partial charge >= 0.3 is 0 Å². The van der Waals surface area contributed by atoms with Gasteiger partial charge in [0.15, 0.2) is 12.6 Å². The second kappa shape index (κ2) is 14.3. The standard InChI is InChI=1S/C38H42N4O6/c1-21-25(9-7-11-31(21)41-35(43)33-17-27(23-13-14-23)29(19-39-33)37(45-3)46-4)26-10-8-12-32(22(26)2)42-36(44)34-18-28(24-15-16-24)30(20-40-34)38(47-5)48-6/h7-12,17-20,23-24,37-38H,13-16H2,1-6H3,(H,41,43)(H,42,44). The fraction of sp³-hybridized carbons (Fsp3) is 0.368. The molecule has 0 radical (unpaired) electrons. The third-order valence-corrected chi connectivity index (χ3v) is 9.25. The normalized spacial score (nSPS) is 14.4. The molecule has 10 heteroatoms. The number of carbonyl (C=O) groups is 2. The van der Waals surface area contributed by atoms with Crippen LogP contribution in [0.15, 0.2) is 60.9 Å². The summed E-state index contributed by atoms with van der Waals surface area (Å²) in [4.78, 5) is 35.9. The number of pyridine rings is 2. The van der Waals surface area contributed by atoms with Crippen molar-refractivity contribution in [2.24, 2.45) is 0 Å². The summed E-state index contributed by atoms with van der Waals surface area (Å²) in [5.74, 6) is 0.160. The molecule has 0 saturated heterocycles. The summed E-state index contributed by atoms with van der Waals surface area (Å²) in [6, 6.07) is 15.3. The number of hydrogen-bond acceptors (Lipinski definition) is 8. The highest BCUT2D eigenvalue weighted by Gasteiger charge is 2.31. The van der Waals surface area contributed by atoms with Gasteiger partial charge in [-0.15, -0.1) is 0 Å². The Bertz CT molecular complexity index is 1690. The van der Waals surface area contributed by atoms with E-state index < -0.39 is 12.6 Å². The van der Waals surface area contributed by atoms with Gasteiger partial charge in [0.05, 0.1) is 0 Å². The van der Waals surface area contributed by atoms with Gasteiger partial charge in [0.2, 0.25) is 0 Å². The van der Waals surface area contributed by atoms with Crippen LogP contribution in [0.2, 0.25) is 0 Å². The van der Waals surface area contributed by atoms with Gasteiger partial charge in [0.1, 0.15) is 11.4 Å². The van der Waals surface area contributed by atoms with Crippen molar-refractivity contribution >= 4 is 23.2 Å². The molecule has 10 nitrogen and oxygen atoms in total. The van der Waals surface area contributed by atoms with Crippen LogP contribution in [0.1, 0.15) is 104 Å². The molecule has 6 rings (SSSR count). The fourth-order valence-corrected chi connectivity index (χ4v) is 6.30. The highest BCUT2D eigenvalue weighted by atomic mass is 16.7. The average molecular weight is 651 g/mol. The predicted molar refractivity (Wildman–Crippen MR) is 183 cm³/mol. The highest BCUT2D eigenvalue weighted by molar-refractivity contribution is 6.05. The Kier molecular flexibility index (Phi) is 9.98. The molecule has 4 aromatic rings. The minimum absolute atomic E-state index is 0.292. The number of nitrogens with one attached hydrogen (secondary N) is 2. The third-order valence-electron chi connectivity index (χ3n) is 9.25. The Morgan fingerprint density at radius 2 is 1.02 bits per heavy atom. The van der Waals surface area contributed by atoms with Crippen molar-refractivity contribution in [1.82, 2.24) is 9.97 Å². The molecule has 2 aromatic heterocycles. The van der Waals surface area contributed by atoms with Crippen LogP contribution < -0.4 is 10.6 Å². The van der Waals surface area contributed by atoms with Gasteiger partial charge in [-0.25, -0.2) is 0 Å². The van der Waals surface area contributed by atoms with Crippen LogP contribution in [0.3, 0.4) is 0 Å². The lowest BCUT2D eigenvalue weighted by molar-refractivity contribution is -0.106. The number of amides is 2. The summed E-state index contributed by atoms with van der Waals surface area (Å²) >= 11 is 0. The number of aromatic nitrogens is 2. The maximum atomic E-state index is 13.5. The first-order chi connectivity index (χ1) is 23.3. The second-order valence-electron chi connectivity index (χ2n) is 12.4. The van der Waals surface area contributed by atoms with Crippen LogP contribution in [0.4, 0.5) is 11.4 Å².